The van der Waals surface area contributed by atoms with Gasteiger partial charge in [0.05, 0.1) is 11.0 Å². The fourth-order valence-electron chi connectivity index (χ4n) is 2.24. The second kappa shape index (κ2) is 5.29. The zero-order chi connectivity index (χ0) is 14.1. The summed E-state index contributed by atoms with van der Waals surface area (Å²) in [5.74, 6) is 0.943. The highest BCUT2D eigenvalue weighted by molar-refractivity contribution is 9.10. The highest BCUT2D eigenvalue weighted by Crippen LogP contribution is 2.21. The minimum Gasteiger partial charge on any atom is -0.381 e. The van der Waals surface area contributed by atoms with Gasteiger partial charge in [0.25, 0.3) is 0 Å². The van der Waals surface area contributed by atoms with E-state index in [1.807, 2.05) is 13.0 Å². The van der Waals surface area contributed by atoms with Gasteiger partial charge in [-0.15, -0.1) is 0 Å². The van der Waals surface area contributed by atoms with Crippen LogP contribution in [0.4, 0.5) is 5.69 Å². The van der Waals surface area contributed by atoms with Crippen molar-refractivity contribution < 1.29 is 0 Å². The third kappa shape index (κ3) is 2.70. The average molecular weight is 330 g/mol. The summed E-state index contributed by atoms with van der Waals surface area (Å²) in [5.41, 5.74) is 5.67. The number of aryl methyl sites for hydroxylation is 2. The van der Waals surface area contributed by atoms with E-state index in [1.54, 1.807) is 0 Å². The van der Waals surface area contributed by atoms with Crippen molar-refractivity contribution in [3.05, 3.63) is 57.8 Å². The minimum absolute atomic E-state index is 0.791. The number of benzene rings is 2. The van der Waals surface area contributed by atoms with Crippen LogP contribution < -0.4 is 5.32 Å². The molecule has 0 saturated carbocycles. The zero-order valence-electron chi connectivity index (χ0n) is 11.5. The summed E-state index contributed by atoms with van der Waals surface area (Å²) < 4.78 is 1.14. The molecule has 2 N–H and O–H groups in total. The topological polar surface area (TPSA) is 40.7 Å². The van der Waals surface area contributed by atoms with Crippen molar-refractivity contribution >= 4 is 32.7 Å². The molecule has 0 spiro atoms. The van der Waals surface area contributed by atoms with Crippen LogP contribution >= 0.6 is 15.9 Å². The molecule has 0 fully saturated rings. The number of halogens is 1. The van der Waals surface area contributed by atoms with Gasteiger partial charge in [0.2, 0.25) is 0 Å². The SMILES string of the molecule is Cc1ccc(CNc2ccc3nc(C)[nH]c3c2)c(Br)c1. The largest absolute Gasteiger partial charge is 0.381 e. The molecular formula is C16H16BrN3. The van der Waals surface area contributed by atoms with Crippen LogP contribution in [0.2, 0.25) is 0 Å². The fourth-order valence-corrected chi connectivity index (χ4v) is 2.87. The summed E-state index contributed by atoms with van der Waals surface area (Å²) in [6.45, 7) is 4.85. The molecule has 3 rings (SSSR count). The van der Waals surface area contributed by atoms with Crippen LogP contribution in [0.5, 0.6) is 0 Å². The summed E-state index contributed by atoms with van der Waals surface area (Å²) in [6.07, 6.45) is 0. The van der Waals surface area contributed by atoms with Crippen LogP contribution in [0, 0.1) is 13.8 Å². The van der Waals surface area contributed by atoms with Crippen molar-refractivity contribution in [3.8, 4) is 0 Å². The summed E-state index contributed by atoms with van der Waals surface area (Å²) >= 11 is 3.61. The maximum atomic E-state index is 4.41. The first-order valence-corrected chi connectivity index (χ1v) is 7.36. The van der Waals surface area contributed by atoms with E-state index in [-0.39, 0.29) is 0 Å². The van der Waals surface area contributed by atoms with Gasteiger partial charge < -0.3 is 10.3 Å². The van der Waals surface area contributed by atoms with Crippen molar-refractivity contribution in [1.82, 2.24) is 9.97 Å². The molecule has 0 bridgehead atoms. The first kappa shape index (κ1) is 13.2. The molecule has 0 amide bonds. The Labute approximate surface area is 126 Å². The van der Waals surface area contributed by atoms with Crippen molar-refractivity contribution in [2.45, 2.75) is 20.4 Å². The fraction of sp³-hybridized carbons (Fsp3) is 0.188. The lowest BCUT2D eigenvalue weighted by Crippen LogP contribution is -2.00. The van der Waals surface area contributed by atoms with E-state index >= 15 is 0 Å². The van der Waals surface area contributed by atoms with Gasteiger partial charge in [-0.05, 0) is 49.2 Å². The normalized spacial score (nSPS) is 10.9. The Hall–Kier alpha value is -1.81. The van der Waals surface area contributed by atoms with E-state index in [9.17, 15) is 0 Å². The quantitative estimate of drug-likeness (QED) is 0.739. The lowest BCUT2D eigenvalue weighted by atomic mass is 10.1. The Balaban J connectivity index is 1.79. The van der Waals surface area contributed by atoms with Crippen LogP contribution in [0.3, 0.4) is 0 Å². The Morgan fingerprint density at radius 3 is 2.80 bits per heavy atom. The Kier molecular flexibility index (Phi) is 3.49. The molecule has 0 unspecified atom stereocenters. The minimum atomic E-state index is 0.791. The zero-order valence-corrected chi connectivity index (χ0v) is 13.1. The summed E-state index contributed by atoms with van der Waals surface area (Å²) in [4.78, 5) is 7.66. The molecular weight excluding hydrogens is 314 g/mol. The number of anilines is 1. The third-order valence-electron chi connectivity index (χ3n) is 3.29. The van der Waals surface area contributed by atoms with Gasteiger partial charge in [0.15, 0.2) is 0 Å². The van der Waals surface area contributed by atoms with Gasteiger partial charge in [-0.3, -0.25) is 0 Å². The lowest BCUT2D eigenvalue weighted by molar-refractivity contribution is 1.13. The van der Waals surface area contributed by atoms with Gasteiger partial charge in [0, 0.05) is 16.7 Å². The molecule has 3 aromatic rings. The number of imidazole rings is 1. The molecule has 0 aliphatic heterocycles. The monoisotopic (exact) mass is 329 g/mol. The van der Waals surface area contributed by atoms with Crippen LogP contribution in [-0.4, -0.2) is 9.97 Å². The van der Waals surface area contributed by atoms with Crippen LogP contribution in [0.15, 0.2) is 40.9 Å². The third-order valence-corrected chi connectivity index (χ3v) is 4.03. The number of aromatic nitrogens is 2. The second-order valence-corrected chi connectivity index (χ2v) is 5.86. The first-order valence-electron chi connectivity index (χ1n) is 6.57. The highest BCUT2D eigenvalue weighted by atomic mass is 79.9. The van der Waals surface area contributed by atoms with E-state index in [0.29, 0.717) is 0 Å². The van der Waals surface area contributed by atoms with Crippen LogP contribution in [0.25, 0.3) is 11.0 Å². The predicted octanol–water partition coefficient (Wildman–Crippen LogP) is 4.55. The molecule has 0 aliphatic rings. The Morgan fingerprint density at radius 2 is 2.00 bits per heavy atom. The molecule has 20 heavy (non-hydrogen) atoms. The number of hydrogen-bond acceptors (Lipinski definition) is 2. The van der Waals surface area contributed by atoms with Crippen molar-refractivity contribution in [3.63, 3.8) is 0 Å². The Bertz CT molecular complexity index is 762. The molecule has 1 heterocycles. The molecule has 3 nitrogen and oxygen atoms in total. The number of nitrogens with one attached hydrogen (secondary N) is 2. The second-order valence-electron chi connectivity index (χ2n) is 5.00. The van der Waals surface area contributed by atoms with Crippen LogP contribution in [-0.2, 0) is 6.54 Å². The van der Waals surface area contributed by atoms with Crippen molar-refractivity contribution in [1.29, 1.82) is 0 Å². The lowest BCUT2D eigenvalue weighted by Gasteiger charge is -2.09. The molecule has 0 saturated heterocycles. The molecule has 0 atom stereocenters. The number of nitrogens with zero attached hydrogens (tertiary/aromatic N) is 1. The highest BCUT2D eigenvalue weighted by Gasteiger charge is 2.03. The van der Waals surface area contributed by atoms with Gasteiger partial charge in [-0.1, -0.05) is 28.1 Å². The van der Waals surface area contributed by atoms with Gasteiger partial charge >= 0.3 is 0 Å². The van der Waals surface area contributed by atoms with E-state index < -0.39 is 0 Å². The standard InChI is InChI=1S/C16H16BrN3/c1-10-3-4-12(14(17)7-10)9-18-13-5-6-15-16(8-13)20-11(2)19-15/h3-8,18H,9H2,1-2H3,(H,19,20). The number of fused-ring (bicyclic) bond motifs is 1. The Morgan fingerprint density at radius 1 is 1.15 bits per heavy atom. The smallest absolute Gasteiger partial charge is 0.104 e. The molecule has 2 aromatic carbocycles. The van der Waals surface area contributed by atoms with Gasteiger partial charge in [-0.2, -0.15) is 0 Å². The predicted molar refractivity (Wildman–Crippen MR) is 87.0 cm³/mol. The number of aromatic amines is 1. The van der Waals surface area contributed by atoms with E-state index in [1.165, 1.54) is 11.1 Å². The summed E-state index contributed by atoms with van der Waals surface area (Å²) in [7, 11) is 0. The maximum absolute atomic E-state index is 4.41. The molecule has 1 aromatic heterocycles. The molecule has 4 heteroatoms. The molecule has 102 valence electrons. The number of hydrogen-bond donors (Lipinski definition) is 2. The van der Waals surface area contributed by atoms with Crippen LogP contribution in [0.1, 0.15) is 17.0 Å². The van der Waals surface area contributed by atoms with Crippen molar-refractivity contribution in [2.24, 2.45) is 0 Å². The number of rotatable bonds is 3. The van der Waals surface area contributed by atoms with Gasteiger partial charge in [-0.25, -0.2) is 4.98 Å². The van der Waals surface area contributed by atoms with E-state index in [2.05, 4.69) is 68.5 Å². The maximum Gasteiger partial charge on any atom is 0.104 e. The van der Waals surface area contributed by atoms with Crippen molar-refractivity contribution in [2.75, 3.05) is 5.32 Å². The summed E-state index contributed by atoms with van der Waals surface area (Å²) in [6, 6.07) is 12.6. The molecule has 0 aliphatic carbocycles. The van der Waals surface area contributed by atoms with Gasteiger partial charge in [0.1, 0.15) is 5.82 Å². The number of H-pyrrole nitrogens is 1. The average Bonchev–Trinajstić information content (AvgIpc) is 2.77. The van der Waals surface area contributed by atoms with E-state index in [4.69, 9.17) is 0 Å². The summed E-state index contributed by atoms with van der Waals surface area (Å²) in [5, 5.41) is 3.44. The first-order chi connectivity index (χ1) is 9.61. The van der Waals surface area contributed by atoms with E-state index in [0.717, 1.165) is 33.6 Å². The molecule has 0 radical (unpaired) electrons.